The number of rotatable bonds is 1. The van der Waals surface area contributed by atoms with Crippen molar-refractivity contribution in [2.45, 2.75) is 6.92 Å². The van der Waals surface area contributed by atoms with Gasteiger partial charge in [0.25, 0.3) is 0 Å². The monoisotopic (exact) mass is 185 g/mol. The molecule has 1 aromatic rings. The molecule has 1 rings (SSSR count). The fourth-order valence-electron chi connectivity index (χ4n) is 0.928. The SMILES string of the molecule is COC(=O)N(C)c1sccc1C. The van der Waals surface area contributed by atoms with Crippen molar-refractivity contribution in [2.24, 2.45) is 0 Å². The Bertz CT molecular complexity index is 282. The number of carbonyl (C=O) groups is 1. The van der Waals surface area contributed by atoms with Gasteiger partial charge in [-0.25, -0.2) is 4.79 Å². The lowest BCUT2D eigenvalue weighted by Gasteiger charge is -2.13. The fraction of sp³-hybridized carbons (Fsp3) is 0.375. The first kappa shape index (κ1) is 9.06. The number of amides is 1. The molecule has 12 heavy (non-hydrogen) atoms. The van der Waals surface area contributed by atoms with Crippen LogP contribution in [0.2, 0.25) is 0 Å². The van der Waals surface area contributed by atoms with Crippen molar-refractivity contribution in [3.8, 4) is 0 Å². The lowest BCUT2D eigenvalue weighted by molar-refractivity contribution is 0.180. The number of hydrogen-bond acceptors (Lipinski definition) is 3. The van der Waals surface area contributed by atoms with Crippen molar-refractivity contribution in [1.82, 2.24) is 0 Å². The van der Waals surface area contributed by atoms with Gasteiger partial charge in [0.2, 0.25) is 0 Å². The molecule has 0 bridgehead atoms. The minimum atomic E-state index is -0.333. The number of methoxy groups -OCH3 is 1. The van der Waals surface area contributed by atoms with Gasteiger partial charge in [-0.15, -0.1) is 11.3 Å². The quantitative estimate of drug-likeness (QED) is 0.671. The standard InChI is InChI=1S/C8H11NO2S/c1-6-4-5-12-7(6)9(2)8(10)11-3/h4-5H,1-3H3. The molecule has 1 aromatic heterocycles. The predicted molar refractivity (Wildman–Crippen MR) is 49.9 cm³/mol. The van der Waals surface area contributed by atoms with Gasteiger partial charge in [0.05, 0.1) is 7.11 Å². The average molecular weight is 185 g/mol. The number of carbonyl (C=O) groups excluding carboxylic acids is 1. The van der Waals surface area contributed by atoms with E-state index in [1.54, 1.807) is 7.05 Å². The summed E-state index contributed by atoms with van der Waals surface area (Å²) in [6, 6.07) is 1.97. The van der Waals surface area contributed by atoms with Crippen molar-refractivity contribution in [3.05, 3.63) is 17.0 Å². The second kappa shape index (κ2) is 3.58. The van der Waals surface area contributed by atoms with Crippen LogP contribution in [0.5, 0.6) is 0 Å². The van der Waals surface area contributed by atoms with E-state index < -0.39 is 0 Å². The van der Waals surface area contributed by atoms with Crippen molar-refractivity contribution < 1.29 is 9.53 Å². The third-order valence-electron chi connectivity index (χ3n) is 1.59. The Morgan fingerprint density at radius 3 is 2.75 bits per heavy atom. The molecule has 1 amide bonds. The average Bonchev–Trinajstić information content (AvgIpc) is 2.48. The molecule has 0 unspecified atom stereocenters. The fourth-order valence-corrected chi connectivity index (χ4v) is 1.82. The zero-order chi connectivity index (χ0) is 9.14. The van der Waals surface area contributed by atoms with Crippen LogP contribution in [-0.4, -0.2) is 20.3 Å². The molecular weight excluding hydrogens is 174 g/mol. The van der Waals surface area contributed by atoms with E-state index in [0.29, 0.717) is 0 Å². The van der Waals surface area contributed by atoms with Gasteiger partial charge in [-0.2, -0.15) is 0 Å². The molecule has 0 atom stereocenters. The molecule has 1 heterocycles. The Kier molecular flexibility index (Phi) is 2.70. The van der Waals surface area contributed by atoms with Crippen molar-refractivity contribution in [2.75, 3.05) is 19.1 Å². The number of aryl methyl sites for hydroxylation is 1. The van der Waals surface area contributed by atoms with Gasteiger partial charge in [0, 0.05) is 7.05 Å². The summed E-state index contributed by atoms with van der Waals surface area (Å²) in [5.74, 6) is 0. The largest absolute Gasteiger partial charge is 0.452 e. The molecule has 0 saturated carbocycles. The highest BCUT2D eigenvalue weighted by atomic mass is 32.1. The smallest absolute Gasteiger partial charge is 0.414 e. The summed E-state index contributed by atoms with van der Waals surface area (Å²) in [4.78, 5) is 12.6. The van der Waals surface area contributed by atoms with Gasteiger partial charge in [0.15, 0.2) is 0 Å². The molecule has 3 nitrogen and oxygen atoms in total. The van der Waals surface area contributed by atoms with Crippen molar-refractivity contribution >= 4 is 22.4 Å². The highest BCUT2D eigenvalue weighted by Gasteiger charge is 2.13. The van der Waals surface area contributed by atoms with Crippen LogP contribution in [0.4, 0.5) is 9.80 Å². The zero-order valence-electron chi connectivity index (χ0n) is 7.33. The minimum absolute atomic E-state index is 0.333. The topological polar surface area (TPSA) is 29.5 Å². The Morgan fingerprint density at radius 2 is 2.33 bits per heavy atom. The molecule has 0 aliphatic heterocycles. The van der Waals surface area contributed by atoms with E-state index in [4.69, 9.17) is 0 Å². The second-order valence-electron chi connectivity index (χ2n) is 2.44. The number of nitrogens with zero attached hydrogens (tertiary/aromatic N) is 1. The van der Waals surface area contributed by atoms with Crippen LogP contribution in [0, 0.1) is 6.92 Å². The summed E-state index contributed by atoms with van der Waals surface area (Å²) < 4.78 is 4.58. The molecule has 0 aliphatic rings. The maximum absolute atomic E-state index is 11.1. The van der Waals surface area contributed by atoms with Crippen LogP contribution in [-0.2, 0) is 4.74 Å². The van der Waals surface area contributed by atoms with E-state index >= 15 is 0 Å². The summed E-state index contributed by atoms with van der Waals surface area (Å²) in [6.07, 6.45) is -0.333. The number of anilines is 1. The van der Waals surface area contributed by atoms with Gasteiger partial charge >= 0.3 is 6.09 Å². The van der Waals surface area contributed by atoms with Crippen LogP contribution in [0.25, 0.3) is 0 Å². The molecule has 0 fully saturated rings. The summed E-state index contributed by atoms with van der Waals surface area (Å²) in [7, 11) is 3.08. The Labute approximate surface area is 75.6 Å². The molecule has 0 radical (unpaired) electrons. The Hall–Kier alpha value is -1.03. The zero-order valence-corrected chi connectivity index (χ0v) is 8.14. The van der Waals surface area contributed by atoms with E-state index in [1.807, 2.05) is 18.4 Å². The van der Waals surface area contributed by atoms with Gasteiger partial charge in [-0.3, -0.25) is 4.90 Å². The van der Waals surface area contributed by atoms with Gasteiger partial charge in [0.1, 0.15) is 5.00 Å². The maximum atomic E-state index is 11.1. The third-order valence-corrected chi connectivity index (χ3v) is 2.68. The van der Waals surface area contributed by atoms with Gasteiger partial charge in [-0.1, -0.05) is 0 Å². The number of ether oxygens (including phenoxy) is 1. The van der Waals surface area contributed by atoms with E-state index in [9.17, 15) is 4.79 Å². The van der Waals surface area contributed by atoms with E-state index in [-0.39, 0.29) is 6.09 Å². The van der Waals surface area contributed by atoms with Crippen LogP contribution < -0.4 is 4.90 Å². The summed E-state index contributed by atoms with van der Waals surface area (Å²) in [5.41, 5.74) is 1.09. The van der Waals surface area contributed by atoms with Gasteiger partial charge in [-0.05, 0) is 23.9 Å². The summed E-state index contributed by atoms with van der Waals surface area (Å²) in [5, 5.41) is 2.88. The molecule has 66 valence electrons. The highest BCUT2D eigenvalue weighted by Crippen LogP contribution is 2.25. The minimum Gasteiger partial charge on any atom is -0.452 e. The van der Waals surface area contributed by atoms with E-state index in [2.05, 4.69) is 4.74 Å². The lowest BCUT2D eigenvalue weighted by atomic mass is 10.3. The van der Waals surface area contributed by atoms with Gasteiger partial charge < -0.3 is 4.74 Å². The van der Waals surface area contributed by atoms with E-state index in [0.717, 1.165) is 10.6 Å². The molecule has 4 heteroatoms. The number of thiophene rings is 1. The van der Waals surface area contributed by atoms with Crippen molar-refractivity contribution in [3.63, 3.8) is 0 Å². The summed E-state index contributed by atoms with van der Waals surface area (Å²) in [6.45, 7) is 1.96. The summed E-state index contributed by atoms with van der Waals surface area (Å²) >= 11 is 1.53. The maximum Gasteiger partial charge on any atom is 0.414 e. The van der Waals surface area contributed by atoms with Crippen LogP contribution >= 0.6 is 11.3 Å². The predicted octanol–water partition coefficient (Wildman–Crippen LogP) is 2.26. The normalized spacial score (nSPS) is 9.58. The van der Waals surface area contributed by atoms with Crippen LogP contribution in [0.3, 0.4) is 0 Å². The first-order valence-corrected chi connectivity index (χ1v) is 4.40. The first-order chi connectivity index (χ1) is 5.66. The molecule has 0 spiro atoms. The third kappa shape index (κ3) is 1.58. The molecule has 0 aromatic carbocycles. The van der Waals surface area contributed by atoms with Crippen molar-refractivity contribution in [1.29, 1.82) is 0 Å². The second-order valence-corrected chi connectivity index (χ2v) is 3.33. The first-order valence-electron chi connectivity index (χ1n) is 3.52. The molecule has 0 aliphatic carbocycles. The number of hydrogen-bond donors (Lipinski definition) is 0. The van der Waals surface area contributed by atoms with E-state index in [1.165, 1.54) is 23.3 Å². The Morgan fingerprint density at radius 1 is 1.67 bits per heavy atom. The molecule has 0 N–H and O–H groups in total. The molecular formula is C8H11NO2S. The Balaban J connectivity index is 2.84. The lowest BCUT2D eigenvalue weighted by Crippen LogP contribution is -2.25. The highest BCUT2D eigenvalue weighted by molar-refractivity contribution is 7.14. The van der Waals surface area contributed by atoms with Crippen LogP contribution in [0.15, 0.2) is 11.4 Å². The molecule has 0 saturated heterocycles. The van der Waals surface area contributed by atoms with Crippen LogP contribution in [0.1, 0.15) is 5.56 Å².